The third kappa shape index (κ3) is 3.09. The van der Waals surface area contributed by atoms with Gasteiger partial charge in [-0.05, 0) is 65.8 Å². The molecule has 0 radical (unpaired) electrons. The van der Waals surface area contributed by atoms with E-state index in [0.717, 1.165) is 22.6 Å². The molecular formula is C17H15FN2OS. The van der Waals surface area contributed by atoms with Crippen molar-refractivity contribution in [3.05, 3.63) is 71.6 Å². The first-order valence-corrected chi connectivity index (χ1v) is 7.26. The number of thiocarbonyl (C=S) groups is 1. The summed E-state index contributed by atoms with van der Waals surface area (Å²) in [6.45, 7) is 0. The highest BCUT2D eigenvalue weighted by Gasteiger charge is 2.18. The SMILES string of the molecule is COc1ccc(C2=CC(c3ccc(F)cc3)NC(=S)N2)cc1. The van der Waals surface area contributed by atoms with Crippen molar-refractivity contribution in [3.63, 3.8) is 0 Å². The van der Waals surface area contributed by atoms with E-state index in [4.69, 9.17) is 17.0 Å². The molecule has 2 aromatic rings. The molecule has 1 heterocycles. The fourth-order valence-corrected chi connectivity index (χ4v) is 2.58. The zero-order valence-corrected chi connectivity index (χ0v) is 12.8. The highest BCUT2D eigenvalue weighted by atomic mass is 32.1. The number of benzene rings is 2. The topological polar surface area (TPSA) is 33.3 Å². The van der Waals surface area contributed by atoms with Crippen molar-refractivity contribution in [3.8, 4) is 5.75 Å². The normalized spacial score (nSPS) is 17.3. The Bertz CT molecular complexity index is 710. The first-order valence-electron chi connectivity index (χ1n) is 6.85. The number of hydrogen-bond acceptors (Lipinski definition) is 2. The average molecular weight is 314 g/mol. The monoisotopic (exact) mass is 314 g/mol. The van der Waals surface area contributed by atoms with E-state index in [1.54, 1.807) is 19.2 Å². The second-order valence-corrected chi connectivity index (χ2v) is 5.34. The number of nitrogens with one attached hydrogen (secondary N) is 2. The Morgan fingerprint density at radius 2 is 1.73 bits per heavy atom. The third-order valence-electron chi connectivity index (χ3n) is 3.50. The van der Waals surface area contributed by atoms with E-state index < -0.39 is 0 Å². The summed E-state index contributed by atoms with van der Waals surface area (Å²) >= 11 is 5.27. The van der Waals surface area contributed by atoms with Crippen molar-refractivity contribution in [1.29, 1.82) is 0 Å². The van der Waals surface area contributed by atoms with Crippen LogP contribution in [0.5, 0.6) is 5.75 Å². The van der Waals surface area contributed by atoms with E-state index in [0.29, 0.717) is 5.11 Å². The van der Waals surface area contributed by atoms with Crippen LogP contribution in [-0.2, 0) is 0 Å². The summed E-state index contributed by atoms with van der Waals surface area (Å²) in [6.07, 6.45) is 2.03. The predicted octanol–water partition coefficient (Wildman–Crippen LogP) is 3.39. The molecule has 1 aliphatic heterocycles. The molecule has 3 rings (SSSR count). The van der Waals surface area contributed by atoms with Crippen molar-refractivity contribution in [2.75, 3.05) is 7.11 Å². The summed E-state index contributed by atoms with van der Waals surface area (Å²) in [5.41, 5.74) is 2.88. The number of hydrogen-bond donors (Lipinski definition) is 2. The molecule has 3 nitrogen and oxygen atoms in total. The van der Waals surface area contributed by atoms with Crippen LogP contribution in [-0.4, -0.2) is 12.2 Å². The minimum atomic E-state index is -0.250. The molecule has 2 aromatic carbocycles. The molecule has 1 unspecified atom stereocenters. The van der Waals surface area contributed by atoms with Gasteiger partial charge in [0.1, 0.15) is 11.6 Å². The zero-order chi connectivity index (χ0) is 15.5. The lowest BCUT2D eigenvalue weighted by Crippen LogP contribution is -2.40. The molecule has 112 valence electrons. The van der Waals surface area contributed by atoms with Crippen molar-refractivity contribution >= 4 is 23.0 Å². The van der Waals surface area contributed by atoms with Gasteiger partial charge in [-0.1, -0.05) is 12.1 Å². The quantitative estimate of drug-likeness (QED) is 0.851. The van der Waals surface area contributed by atoms with Gasteiger partial charge in [0, 0.05) is 5.70 Å². The van der Waals surface area contributed by atoms with Crippen LogP contribution in [0.1, 0.15) is 17.2 Å². The maximum absolute atomic E-state index is 13.1. The van der Waals surface area contributed by atoms with E-state index in [-0.39, 0.29) is 11.9 Å². The Morgan fingerprint density at radius 3 is 2.36 bits per heavy atom. The minimum absolute atomic E-state index is 0.0912. The molecule has 5 heteroatoms. The van der Waals surface area contributed by atoms with Crippen LogP contribution in [0.3, 0.4) is 0 Å². The molecule has 0 fully saturated rings. The van der Waals surface area contributed by atoms with E-state index in [2.05, 4.69) is 10.6 Å². The standard InChI is InChI=1S/C17H15FN2OS/c1-21-14-8-4-12(5-9-14)16-10-15(19-17(22)20-16)11-2-6-13(18)7-3-11/h2-10,15H,1H3,(H2,19,20,22). The number of halogens is 1. The Kier molecular flexibility index (Phi) is 4.06. The predicted molar refractivity (Wildman–Crippen MR) is 89.0 cm³/mol. The van der Waals surface area contributed by atoms with Crippen LogP contribution in [0, 0.1) is 5.82 Å². The average Bonchev–Trinajstić information content (AvgIpc) is 2.55. The first kappa shape index (κ1) is 14.5. The largest absolute Gasteiger partial charge is 0.497 e. The van der Waals surface area contributed by atoms with Crippen LogP contribution >= 0.6 is 12.2 Å². The summed E-state index contributed by atoms with van der Waals surface area (Å²) in [5.74, 6) is 0.551. The van der Waals surface area contributed by atoms with Gasteiger partial charge >= 0.3 is 0 Å². The maximum Gasteiger partial charge on any atom is 0.171 e. The zero-order valence-electron chi connectivity index (χ0n) is 12.0. The van der Waals surface area contributed by atoms with Crippen LogP contribution in [0.25, 0.3) is 5.70 Å². The molecule has 0 amide bonds. The number of rotatable bonds is 3. The summed E-state index contributed by atoms with van der Waals surface area (Å²) < 4.78 is 18.2. The lowest BCUT2D eigenvalue weighted by Gasteiger charge is -2.26. The van der Waals surface area contributed by atoms with Crippen LogP contribution in [0.15, 0.2) is 54.6 Å². The van der Waals surface area contributed by atoms with Gasteiger partial charge in [-0.3, -0.25) is 0 Å². The third-order valence-corrected chi connectivity index (χ3v) is 3.72. The van der Waals surface area contributed by atoms with Gasteiger partial charge in [0.25, 0.3) is 0 Å². The molecule has 0 aliphatic carbocycles. The Hall–Kier alpha value is -2.40. The number of ether oxygens (including phenoxy) is 1. The van der Waals surface area contributed by atoms with Crippen LogP contribution in [0.4, 0.5) is 4.39 Å². The molecule has 2 N–H and O–H groups in total. The Balaban J connectivity index is 1.92. The highest BCUT2D eigenvalue weighted by molar-refractivity contribution is 7.80. The minimum Gasteiger partial charge on any atom is -0.497 e. The second kappa shape index (κ2) is 6.15. The molecule has 0 aromatic heterocycles. The van der Waals surface area contributed by atoms with E-state index in [1.807, 2.05) is 30.3 Å². The summed E-state index contributed by atoms with van der Waals surface area (Å²) in [7, 11) is 1.64. The molecule has 22 heavy (non-hydrogen) atoms. The van der Waals surface area contributed by atoms with Crippen molar-refractivity contribution < 1.29 is 9.13 Å². The van der Waals surface area contributed by atoms with Crippen LogP contribution in [0.2, 0.25) is 0 Å². The molecule has 0 saturated carbocycles. The van der Waals surface area contributed by atoms with E-state index in [9.17, 15) is 4.39 Å². The lowest BCUT2D eigenvalue weighted by molar-refractivity contribution is 0.415. The second-order valence-electron chi connectivity index (χ2n) is 4.94. The van der Waals surface area contributed by atoms with Gasteiger partial charge in [-0.2, -0.15) is 0 Å². The summed E-state index contributed by atoms with van der Waals surface area (Å²) in [4.78, 5) is 0. The van der Waals surface area contributed by atoms with E-state index >= 15 is 0 Å². The first-order chi connectivity index (χ1) is 10.7. The van der Waals surface area contributed by atoms with Crippen molar-refractivity contribution in [1.82, 2.24) is 10.6 Å². The Labute approximate surface area is 133 Å². The molecule has 1 atom stereocenters. The summed E-state index contributed by atoms with van der Waals surface area (Å²) in [5, 5.41) is 6.86. The lowest BCUT2D eigenvalue weighted by atomic mass is 10.0. The van der Waals surface area contributed by atoms with Gasteiger partial charge in [0.15, 0.2) is 5.11 Å². The molecule has 0 bridgehead atoms. The fraction of sp³-hybridized carbons (Fsp3) is 0.118. The molecule has 0 saturated heterocycles. The molecule has 0 spiro atoms. The van der Waals surface area contributed by atoms with Crippen molar-refractivity contribution in [2.45, 2.75) is 6.04 Å². The maximum atomic E-state index is 13.1. The molecule has 1 aliphatic rings. The van der Waals surface area contributed by atoms with Gasteiger partial charge in [-0.15, -0.1) is 0 Å². The van der Waals surface area contributed by atoms with E-state index in [1.165, 1.54) is 12.1 Å². The highest BCUT2D eigenvalue weighted by Crippen LogP contribution is 2.24. The fourth-order valence-electron chi connectivity index (χ4n) is 2.34. The van der Waals surface area contributed by atoms with Gasteiger partial charge in [-0.25, -0.2) is 4.39 Å². The van der Waals surface area contributed by atoms with Gasteiger partial charge in [0.05, 0.1) is 13.2 Å². The summed E-state index contributed by atoms with van der Waals surface area (Å²) in [6, 6.07) is 14.0. The smallest absolute Gasteiger partial charge is 0.171 e. The number of methoxy groups -OCH3 is 1. The van der Waals surface area contributed by atoms with Gasteiger partial charge in [0.2, 0.25) is 0 Å². The Morgan fingerprint density at radius 1 is 1.05 bits per heavy atom. The molecular weight excluding hydrogens is 299 g/mol. The van der Waals surface area contributed by atoms with Gasteiger partial charge < -0.3 is 15.4 Å². The van der Waals surface area contributed by atoms with Crippen LogP contribution < -0.4 is 15.4 Å². The van der Waals surface area contributed by atoms with Crippen molar-refractivity contribution in [2.24, 2.45) is 0 Å².